The van der Waals surface area contributed by atoms with Crippen molar-refractivity contribution in [3.8, 4) is 5.75 Å². The number of amides is 2. The third kappa shape index (κ3) is 5.22. The Bertz CT molecular complexity index is 760. The van der Waals surface area contributed by atoms with Gasteiger partial charge in [-0.05, 0) is 31.5 Å². The number of nitrogens with two attached hydrogens (primary N) is 1. The number of methoxy groups -OCH3 is 1. The van der Waals surface area contributed by atoms with E-state index in [0.717, 1.165) is 11.3 Å². The molecule has 1 aromatic carbocycles. The maximum Gasteiger partial charge on any atom is 0.227 e. The van der Waals surface area contributed by atoms with E-state index in [4.69, 9.17) is 10.5 Å². The highest BCUT2D eigenvalue weighted by Crippen LogP contribution is 2.20. The Hall–Kier alpha value is -2.55. The molecule has 0 saturated heterocycles. The van der Waals surface area contributed by atoms with E-state index in [1.165, 1.54) is 11.8 Å². The Kier molecular flexibility index (Phi) is 7.02. The van der Waals surface area contributed by atoms with Crippen LogP contribution in [-0.4, -0.2) is 39.4 Å². The van der Waals surface area contributed by atoms with Crippen molar-refractivity contribution in [2.45, 2.75) is 38.0 Å². The van der Waals surface area contributed by atoms with E-state index in [1.807, 2.05) is 42.7 Å². The zero-order chi connectivity index (χ0) is 19.1. The minimum absolute atomic E-state index is 0.111. The number of carbonyl (C=O) groups is 2. The highest BCUT2D eigenvalue weighted by Gasteiger charge is 2.19. The number of carbonyl (C=O) groups excluding carboxylic acids is 2. The van der Waals surface area contributed by atoms with Gasteiger partial charge in [-0.25, -0.2) is 0 Å². The monoisotopic (exact) mass is 377 g/mol. The molecule has 1 heterocycles. The van der Waals surface area contributed by atoms with Crippen molar-refractivity contribution >= 4 is 23.6 Å². The summed E-state index contributed by atoms with van der Waals surface area (Å²) in [5, 5.41) is 11.8. The topological polar surface area (TPSA) is 112 Å². The third-order valence-corrected chi connectivity index (χ3v) is 4.68. The largest absolute Gasteiger partial charge is 0.497 e. The van der Waals surface area contributed by atoms with Gasteiger partial charge in [0, 0.05) is 6.54 Å². The molecule has 0 aliphatic carbocycles. The summed E-state index contributed by atoms with van der Waals surface area (Å²) in [4.78, 5) is 23.3. The van der Waals surface area contributed by atoms with E-state index >= 15 is 0 Å². The summed E-state index contributed by atoms with van der Waals surface area (Å²) in [5.74, 6) is 1.00. The van der Waals surface area contributed by atoms with Crippen molar-refractivity contribution in [3.05, 3.63) is 35.7 Å². The number of hydrogen-bond acceptors (Lipinski definition) is 6. The first kappa shape index (κ1) is 19.8. The Balaban J connectivity index is 2.00. The van der Waals surface area contributed by atoms with E-state index in [9.17, 15) is 9.59 Å². The van der Waals surface area contributed by atoms with Crippen LogP contribution in [0.25, 0.3) is 0 Å². The second-order valence-electron chi connectivity index (χ2n) is 5.65. The van der Waals surface area contributed by atoms with Crippen LogP contribution in [0.5, 0.6) is 5.75 Å². The number of benzene rings is 1. The van der Waals surface area contributed by atoms with Crippen molar-refractivity contribution in [2.75, 3.05) is 12.9 Å². The van der Waals surface area contributed by atoms with Crippen molar-refractivity contribution in [1.29, 1.82) is 0 Å². The number of primary amides is 1. The number of nitrogens with one attached hydrogen (secondary N) is 1. The zero-order valence-electron chi connectivity index (χ0n) is 15.1. The van der Waals surface area contributed by atoms with Gasteiger partial charge in [0.05, 0.1) is 25.3 Å². The van der Waals surface area contributed by atoms with Gasteiger partial charge in [0.2, 0.25) is 11.8 Å². The number of aromatic nitrogens is 3. The van der Waals surface area contributed by atoms with Crippen molar-refractivity contribution in [2.24, 2.45) is 5.73 Å². The first-order valence-corrected chi connectivity index (χ1v) is 9.19. The molecule has 0 radical (unpaired) electrons. The molecule has 0 bridgehead atoms. The van der Waals surface area contributed by atoms with E-state index < -0.39 is 5.91 Å². The molecule has 0 spiro atoms. The molecule has 1 atom stereocenters. The summed E-state index contributed by atoms with van der Waals surface area (Å²) in [6, 6.07) is 7.05. The van der Waals surface area contributed by atoms with E-state index in [2.05, 4.69) is 15.5 Å². The van der Waals surface area contributed by atoms with Crippen LogP contribution in [0.1, 0.15) is 31.3 Å². The molecule has 1 aromatic heterocycles. The Morgan fingerprint density at radius 3 is 2.58 bits per heavy atom. The van der Waals surface area contributed by atoms with Crippen molar-refractivity contribution in [3.63, 3.8) is 0 Å². The smallest absolute Gasteiger partial charge is 0.227 e. The Morgan fingerprint density at radius 2 is 2.00 bits per heavy atom. The van der Waals surface area contributed by atoms with Crippen LogP contribution in [0.3, 0.4) is 0 Å². The lowest BCUT2D eigenvalue weighted by Gasteiger charge is -2.15. The molecule has 8 nitrogen and oxygen atoms in total. The molecule has 0 aliphatic rings. The van der Waals surface area contributed by atoms with Gasteiger partial charge in [-0.3, -0.25) is 9.59 Å². The first-order chi connectivity index (χ1) is 12.4. The molecule has 3 N–H and O–H groups in total. The van der Waals surface area contributed by atoms with Crippen LogP contribution in [0.2, 0.25) is 0 Å². The highest BCUT2D eigenvalue weighted by atomic mass is 32.2. The lowest BCUT2D eigenvalue weighted by atomic mass is 10.1. The Labute approximate surface area is 156 Å². The molecule has 2 amide bonds. The van der Waals surface area contributed by atoms with Gasteiger partial charge in [-0.15, -0.1) is 10.2 Å². The van der Waals surface area contributed by atoms with Crippen LogP contribution >= 0.6 is 11.8 Å². The van der Waals surface area contributed by atoms with Gasteiger partial charge in [0.15, 0.2) is 11.0 Å². The zero-order valence-corrected chi connectivity index (χ0v) is 15.9. The number of nitrogens with zero attached hydrogens (tertiary/aromatic N) is 3. The molecule has 26 heavy (non-hydrogen) atoms. The normalized spacial score (nSPS) is 11.8. The fraction of sp³-hybridized carbons (Fsp3) is 0.412. The summed E-state index contributed by atoms with van der Waals surface area (Å²) >= 11 is 1.23. The summed E-state index contributed by atoms with van der Waals surface area (Å²) in [7, 11) is 1.60. The molecular formula is C17H23N5O3S. The summed E-state index contributed by atoms with van der Waals surface area (Å²) < 4.78 is 6.98. The van der Waals surface area contributed by atoms with Gasteiger partial charge in [0.1, 0.15) is 5.75 Å². The molecule has 2 rings (SSSR count). The van der Waals surface area contributed by atoms with Gasteiger partial charge in [-0.1, -0.05) is 23.9 Å². The predicted molar refractivity (Wildman–Crippen MR) is 98.9 cm³/mol. The number of hydrogen-bond donors (Lipinski definition) is 2. The summed E-state index contributed by atoms with van der Waals surface area (Å²) in [5.41, 5.74) is 6.07. The number of rotatable bonds is 9. The summed E-state index contributed by atoms with van der Waals surface area (Å²) in [6.45, 7) is 4.43. The fourth-order valence-electron chi connectivity index (χ4n) is 2.45. The van der Waals surface area contributed by atoms with E-state index in [-0.39, 0.29) is 24.1 Å². The first-order valence-electron chi connectivity index (χ1n) is 8.21. The van der Waals surface area contributed by atoms with Crippen molar-refractivity contribution < 1.29 is 14.3 Å². The van der Waals surface area contributed by atoms with E-state index in [1.54, 1.807) is 7.11 Å². The molecule has 2 aromatic rings. The second kappa shape index (κ2) is 9.23. The van der Waals surface area contributed by atoms with Crippen LogP contribution in [-0.2, 0) is 22.6 Å². The van der Waals surface area contributed by atoms with Crippen molar-refractivity contribution in [1.82, 2.24) is 20.1 Å². The number of thioether (sulfide) groups is 1. The van der Waals surface area contributed by atoms with Gasteiger partial charge in [-0.2, -0.15) is 0 Å². The molecule has 9 heteroatoms. The van der Waals surface area contributed by atoms with Crippen LogP contribution in [0, 0.1) is 0 Å². The lowest BCUT2D eigenvalue weighted by Crippen LogP contribution is -2.30. The average molecular weight is 377 g/mol. The quantitative estimate of drug-likeness (QED) is 0.637. The highest BCUT2D eigenvalue weighted by molar-refractivity contribution is 7.99. The standard InChI is InChI=1S/C17H23N5O3S/c1-4-22-16(20-21-17(22)26-10-14(18)23)11(2)19-15(24)9-12-5-7-13(25-3)8-6-12/h5-8,11H,4,9-10H2,1-3H3,(H2,18,23)(H,19,24)/t11-/m1/s1. The SMILES string of the molecule is CCn1c(SCC(N)=O)nnc1[C@@H](C)NC(=O)Cc1ccc(OC)cc1. The van der Waals surface area contributed by atoms with Gasteiger partial charge < -0.3 is 20.4 Å². The number of ether oxygens (including phenoxy) is 1. The minimum atomic E-state index is -0.414. The fourth-order valence-corrected chi connectivity index (χ4v) is 3.19. The maximum absolute atomic E-state index is 12.3. The van der Waals surface area contributed by atoms with E-state index in [0.29, 0.717) is 17.5 Å². The van der Waals surface area contributed by atoms with Gasteiger partial charge >= 0.3 is 0 Å². The maximum atomic E-state index is 12.3. The molecule has 140 valence electrons. The molecule has 0 fully saturated rings. The molecule has 0 saturated carbocycles. The van der Waals surface area contributed by atoms with Crippen LogP contribution in [0.15, 0.2) is 29.4 Å². The molecule has 0 unspecified atom stereocenters. The van der Waals surface area contributed by atoms with Crippen LogP contribution < -0.4 is 15.8 Å². The average Bonchev–Trinajstić information content (AvgIpc) is 3.03. The predicted octanol–water partition coefficient (Wildman–Crippen LogP) is 1.30. The van der Waals surface area contributed by atoms with Gasteiger partial charge in [0.25, 0.3) is 0 Å². The minimum Gasteiger partial charge on any atom is -0.497 e. The third-order valence-electron chi connectivity index (χ3n) is 3.69. The van der Waals surface area contributed by atoms with Crippen LogP contribution in [0.4, 0.5) is 0 Å². The summed E-state index contributed by atoms with van der Waals surface area (Å²) in [6.07, 6.45) is 0.262. The lowest BCUT2D eigenvalue weighted by molar-refractivity contribution is -0.121. The second-order valence-corrected chi connectivity index (χ2v) is 6.60. The molecular weight excluding hydrogens is 354 g/mol. The Morgan fingerprint density at radius 1 is 1.31 bits per heavy atom. The molecule has 0 aliphatic heterocycles.